The van der Waals surface area contributed by atoms with Crippen LogP contribution in [-0.2, 0) is 16.6 Å². The van der Waals surface area contributed by atoms with Gasteiger partial charge in [0, 0.05) is 18.0 Å². The first kappa shape index (κ1) is 15.5. The standard InChI is InChI=1S/C15H24N2O2S2/c1-2-16-10-14-15(5-6-20-14)21(18,19)17-9-13-8-11-3-4-12(13)7-11/h5-6,11-13,16-17H,2-4,7-10H2,1H3. The van der Waals surface area contributed by atoms with Crippen molar-refractivity contribution < 1.29 is 8.42 Å². The number of hydrogen-bond donors (Lipinski definition) is 2. The van der Waals surface area contributed by atoms with Crippen molar-refractivity contribution in [2.75, 3.05) is 13.1 Å². The van der Waals surface area contributed by atoms with E-state index < -0.39 is 10.0 Å². The molecule has 0 aromatic carbocycles. The highest BCUT2D eigenvalue weighted by Gasteiger charge is 2.39. The van der Waals surface area contributed by atoms with Gasteiger partial charge in [-0.15, -0.1) is 11.3 Å². The molecular formula is C15H24N2O2S2. The zero-order valence-corrected chi connectivity index (χ0v) is 14.1. The van der Waals surface area contributed by atoms with Crippen LogP contribution in [0.25, 0.3) is 0 Å². The predicted octanol–water partition coefficient (Wildman–Crippen LogP) is 2.57. The molecule has 0 aliphatic heterocycles. The number of fused-ring (bicyclic) bond motifs is 2. The van der Waals surface area contributed by atoms with E-state index in [-0.39, 0.29) is 0 Å². The van der Waals surface area contributed by atoms with Gasteiger partial charge < -0.3 is 5.32 Å². The third-order valence-electron chi connectivity index (χ3n) is 4.95. The number of rotatable bonds is 7. The van der Waals surface area contributed by atoms with Gasteiger partial charge in [-0.3, -0.25) is 0 Å². The maximum Gasteiger partial charge on any atom is 0.241 e. The molecule has 2 bridgehead atoms. The van der Waals surface area contributed by atoms with Crippen LogP contribution in [0, 0.1) is 17.8 Å². The van der Waals surface area contributed by atoms with Gasteiger partial charge in [-0.25, -0.2) is 13.1 Å². The fourth-order valence-electron chi connectivity index (χ4n) is 3.86. The Hall–Kier alpha value is -0.430. The summed E-state index contributed by atoms with van der Waals surface area (Å²) in [5.41, 5.74) is 0. The predicted molar refractivity (Wildman–Crippen MR) is 85.8 cm³/mol. The minimum atomic E-state index is -3.36. The summed E-state index contributed by atoms with van der Waals surface area (Å²) in [6.45, 7) is 4.10. The summed E-state index contributed by atoms with van der Waals surface area (Å²) in [6, 6.07) is 1.72. The summed E-state index contributed by atoms with van der Waals surface area (Å²) in [7, 11) is -3.36. The Kier molecular flexibility index (Phi) is 4.69. The van der Waals surface area contributed by atoms with E-state index in [0.29, 0.717) is 23.9 Å². The normalized spacial score (nSPS) is 28.3. The molecule has 4 nitrogen and oxygen atoms in total. The summed E-state index contributed by atoms with van der Waals surface area (Å²) in [6.07, 6.45) is 5.17. The fraction of sp³-hybridized carbons (Fsp3) is 0.733. The molecule has 3 unspecified atom stereocenters. The van der Waals surface area contributed by atoms with Crippen LogP contribution in [-0.4, -0.2) is 21.5 Å². The Morgan fingerprint density at radius 1 is 1.33 bits per heavy atom. The molecule has 2 N–H and O–H groups in total. The molecule has 21 heavy (non-hydrogen) atoms. The number of thiophene rings is 1. The topological polar surface area (TPSA) is 58.2 Å². The number of hydrogen-bond acceptors (Lipinski definition) is 4. The molecule has 0 spiro atoms. The Balaban J connectivity index is 1.62. The smallest absolute Gasteiger partial charge is 0.241 e. The fourth-order valence-corrected chi connectivity index (χ4v) is 6.36. The first-order valence-electron chi connectivity index (χ1n) is 7.87. The minimum Gasteiger partial charge on any atom is -0.312 e. The Bertz CT molecular complexity index is 582. The number of nitrogens with one attached hydrogen (secondary N) is 2. The second-order valence-corrected chi connectivity index (χ2v) is 9.01. The zero-order chi connectivity index (χ0) is 14.9. The molecule has 2 aliphatic rings. The summed E-state index contributed by atoms with van der Waals surface area (Å²) >= 11 is 1.50. The van der Waals surface area contributed by atoms with Crippen molar-refractivity contribution >= 4 is 21.4 Å². The lowest BCUT2D eigenvalue weighted by Crippen LogP contribution is -2.32. The summed E-state index contributed by atoms with van der Waals surface area (Å²) in [5.74, 6) is 2.16. The third-order valence-corrected chi connectivity index (χ3v) is 7.51. The average molecular weight is 329 g/mol. The van der Waals surface area contributed by atoms with E-state index in [0.717, 1.165) is 23.3 Å². The van der Waals surface area contributed by atoms with Crippen LogP contribution in [0.4, 0.5) is 0 Å². The van der Waals surface area contributed by atoms with Crippen LogP contribution >= 0.6 is 11.3 Å². The van der Waals surface area contributed by atoms with E-state index in [1.165, 1.54) is 37.0 Å². The van der Waals surface area contributed by atoms with Gasteiger partial charge >= 0.3 is 0 Å². The van der Waals surface area contributed by atoms with Gasteiger partial charge in [-0.05, 0) is 55.0 Å². The number of sulfonamides is 1. The highest BCUT2D eigenvalue weighted by atomic mass is 32.2. The van der Waals surface area contributed by atoms with E-state index in [2.05, 4.69) is 10.0 Å². The van der Waals surface area contributed by atoms with Gasteiger partial charge in [0.05, 0.1) is 4.90 Å². The van der Waals surface area contributed by atoms with Crippen molar-refractivity contribution in [3.05, 3.63) is 16.3 Å². The second kappa shape index (κ2) is 6.36. The maximum absolute atomic E-state index is 12.5. The zero-order valence-electron chi connectivity index (χ0n) is 12.5. The van der Waals surface area contributed by atoms with Crippen LogP contribution in [0.15, 0.2) is 16.3 Å². The molecule has 118 valence electrons. The molecule has 0 radical (unpaired) electrons. The quantitative estimate of drug-likeness (QED) is 0.809. The van der Waals surface area contributed by atoms with Crippen LogP contribution in [0.1, 0.15) is 37.5 Å². The molecule has 0 saturated heterocycles. The highest BCUT2D eigenvalue weighted by molar-refractivity contribution is 7.89. The van der Waals surface area contributed by atoms with Crippen molar-refractivity contribution in [3.8, 4) is 0 Å². The van der Waals surface area contributed by atoms with E-state index in [9.17, 15) is 8.42 Å². The summed E-state index contributed by atoms with van der Waals surface area (Å²) in [4.78, 5) is 1.36. The van der Waals surface area contributed by atoms with Gasteiger partial charge in [0.1, 0.15) is 0 Å². The van der Waals surface area contributed by atoms with Crippen LogP contribution in [0.5, 0.6) is 0 Å². The summed E-state index contributed by atoms with van der Waals surface area (Å²) in [5, 5.41) is 5.06. The summed E-state index contributed by atoms with van der Waals surface area (Å²) < 4.78 is 27.9. The van der Waals surface area contributed by atoms with E-state index >= 15 is 0 Å². The molecule has 1 aromatic heterocycles. The van der Waals surface area contributed by atoms with Gasteiger partial charge in [-0.2, -0.15) is 0 Å². The van der Waals surface area contributed by atoms with Gasteiger partial charge in [0.2, 0.25) is 10.0 Å². The minimum absolute atomic E-state index is 0.455. The molecule has 1 aromatic rings. The lowest BCUT2D eigenvalue weighted by atomic mass is 9.89. The Morgan fingerprint density at radius 2 is 2.19 bits per heavy atom. The van der Waals surface area contributed by atoms with E-state index in [4.69, 9.17) is 0 Å². The molecule has 3 atom stereocenters. The van der Waals surface area contributed by atoms with Crippen molar-refractivity contribution in [2.45, 2.75) is 44.0 Å². The maximum atomic E-state index is 12.5. The SMILES string of the molecule is CCNCc1sccc1S(=O)(=O)NCC1CC2CCC1C2. The molecular weight excluding hydrogens is 304 g/mol. The molecule has 6 heteroatoms. The lowest BCUT2D eigenvalue weighted by Gasteiger charge is -2.21. The molecule has 2 aliphatic carbocycles. The van der Waals surface area contributed by atoms with Gasteiger partial charge in [0.15, 0.2) is 0 Å². The lowest BCUT2D eigenvalue weighted by molar-refractivity contribution is 0.333. The first-order valence-corrected chi connectivity index (χ1v) is 10.2. The Morgan fingerprint density at radius 3 is 2.86 bits per heavy atom. The van der Waals surface area contributed by atoms with Crippen LogP contribution < -0.4 is 10.0 Å². The molecule has 2 fully saturated rings. The van der Waals surface area contributed by atoms with Crippen molar-refractivity contribution in [2.24, 2.45) is 17.8 Å². The Labute approximate surface area is 131 Å². The molecule has 2 saturated carbocycles. The van der Waals surface area contributed by atoms with Crippen LogP contribution in [0.3, 0.4) is 0 Å². The first-order chi connectivity index (χ1) is 10.1. The van der Waals surface area contributed by atoms with Crippen molar-refractivity contribution in [1.29, 1.82) is 0 Å². The average Bonchev–Trinajstić information content (AvgIpc) is 3.18. The van der Waals surface area contributed by atoms with E-state index in [1.807, 2.05) is 12.3 Å². The molecule has 3 rings (SSSR count). The largest absolute Gasteiger partial charge is 0.312 e. The van der Waals surface area contributed by atoms with Crippen LogP contribution in [0.2, 0.25) is 0 Å². The van der Waals surface area contributed by atoms with Gasteiger partial charge in [0.25, 0.3) is 0 Å². The molecule has 0 amide bonds. The highest BCUT2D eigenvalue weighted by Crippen LogP contribution is 2.48. The van der Waals surface area contributed by atoms with Crippen molar-refractivity contribution in [1.82, 2.24) is 10.0 Å². The molecule has 1 heterocycles. The third kappa shape index (κ3) is 3.33. The van der Waals surface area contributed by atoms with E-state index in [1.54, 1.807) is 6.07 Å². The second-order valence-electron chi connectivity index (χ2n) is 6.28. The van der Waals surface area contributed by atoms with Crippen molar-refractivity contribution in [3.63, 3.8) is 0 Å². The monoisotopic (exact) mass is 328 g/mol. The van der Waals surface area contributed by atoms with Gasteiger partial charge in [-0.1, -0.05) is 13.3 Å².